The number of halogens is 2. The topological polar surface area (TPSA) is 49.4 Å². The van der Waals surface area contributed by atoms with Crippen LogP contribution in [0.3, 0.4) is 0 Å². The average molecular weight is 333 g/mol. The molecule has 2 aromatic carbocycles. The number of amides is 2. The molecule has 0 bridgehead atoms. The zero-order valence-electron chi connectivity index (χ0n) is 12.1. The van der Waals surface area contributed by atoms with Crippen molar-refractivity contribution in [2.24, 2.45) is 5.92 Å². The highest BCUT2D eigenvalue weighted by Gasteiger charge is 2.35. The van der Waals surface area contributed by atoms with E-state index in [-0.39, 0.29) is 18.2 Å². The summed E-state index contributed by atoms with van der Waals surface area (Å²) in [7, 11) is 0. The Morgan fingerprint density at radius 2 is 1.96 bits per heavy atom. The van der Waals surface area contributed by atoms with Crippen LogP contribution >= 0.6 is 11.6 Å². The van der Waals surface area contributed by atoms with E-state index in [0.717, 1.165) is 0 Å². The summed E-state index contributed by atoms with van der Waals surface area (Å²) in [6.45, 7) is 0.293. The van der Waals surface area contributed by atoms with E-state index in [4.69, 9.17) is 11.6 Å². The molecule has 0 spiro atoms. The van der Waals surface area contributed by atoms with E-state index >= 15 is 0 Å². The molecule has 118 valence electrons. The van der Waals surface area contributed by atoms with Crippen LogP contribution in [0.15, 0.2) is 48.5 Å². The number of anilines is 2. The average Bonchev–Trinajstić information content (AvgIpc) is 2.90. The lowest BCUT2D eigenvalue weighted by atomic mass is 10.1. The number of carbonyl (C=O) groups excluding carboxylic acids is 2. The summed E-state index contributed by atoms with van der Waals surface area (Å²) >= 11 is 5.84. The molecule has 4 nitrogen and oxygen atoms in total. The first kappa shape index (κ1) is 15.5. The second kappa shape index (κ2) is 6.38. The molecule has 3 rings (SSSR count). The quantitative estimate of drug-likeness (QED) is 0.935. The molecule has 2 amide bonds. The number of benzene rings is 2. The lowest BCUT2D eigenvalue weighted by Gasteiger charge is -2.16. The molecule has 0 saturated carbocycles. The van der Waals surface area contributed by atoms with Crippen LogP contribution in [0, 0.1) is 11.7 Å². The SMILES string of the molecule is O=C(Nc1cccc(F)c1)[C@@H]1CC(=O)N(c2ccc(Cl)cc2)C1. The molecule has 1 heterocycles. The van der Waals surface area contributed by atoms with Gasteiger partial charge in [0, 0.05) is 29.4 Å². The maximum atomic E-state index is 13.1. The molecule has 6 heteroatoms. The smallest absolute Gasteiger partial charge is 0.229 e. The zero-order chi connectivity index (χ0) is 16.4. The second-order valence-corrected chi connectivity index (χ2v) is 5.82. The van der Waals surface area contributed by atoms with Gasteiger partial charge in [0.1, 0.15) is 5.82 Å². The highest BCUT2D eigenvalue weighted by atomic mass is 35.5. The van der Waals surface area contributed by atoms with Gasteiger partial charge < -0.3 is 10.2 Å². The van der Waals surface area contributed by atoms with Crippen molar-refractivity contribution >= 4 is 34.8 Å². The summed E-state index contributed by atoms with van der Waals surface area (Å²) in [5, 5.41) is 3.23. The van der Waals surface area contributed by atoms with E-state index < -0.39 is 11.7 Å². The molecule has 1 atom stereocenters. The Morgan fingerprint density at radius 3 is 2.65 bits per heavy atom. The lowest BCUT2D eigenvalue weighted by molar-refractivity contribution is -0.122. The molecule has 0 aromatic heterocycles. The Balaban J connectivity index is 1.69. The zero-order valence-corrected chi connectivity index (χ0v) is 12.9. The van der Waals surface area contributed by atoms with Crippen LogP contribution in [0.4, 0.5) is 15.8 Å². The van der Waals surface area contributed by atoms with Gasteiger partial charge in [0.15, 0.2) is 0 Å². The third-order valence-electron chi connectivity index (χ3n) is 3.73. The Kier molecular flexibility index (Phi) is 4.30. The van der Waals surface area contributed by atoms with Gasteiger partial charge >= 0.3 is 0 Å². The van der Waals surface area contributed by atoms with E-state index in [1.165, 1.54) is 18.2 Å². The molecule has 0 radical (unpaired) electrons. The number of carbonyl (C=O) groups is 2. The molecule has 2 aromatic rings. The van der Waals surface area contributed by atoms with Crippen LogP contribution in [-0.2, 0) is 9.59 Å². The van der Waals surface area contributed by atoms with Crippen molar-refractivity contribution in [2.45, 2.75) is 6.42 Å². The fourth-order valence-corrected chi connectivity index (χ4v) is 2.69. The number of rotatable bonds is 3. The van der Waals surface area contributed by atoms with Crippen molar-refractivity contribution in [3.05, 3.63) is 59.4 Å². The molecule has 1 saturated heterocycles. The molecular weight excluding hydrogens is 319 g/mol. The van der Waals surface area contributed by atoms with E-state index in [0.29, 0.717) is 22.9 Å². The third kappa shape index (κ3) is 3.51. The summed E-state index contributed by atoms with van der Waals surface area (Å²) in [6.07, 6.45) is 0.129. The van der Waals surface area contributed by atoms with Gasteiger partial charge in [-0.3, -0.25) is 9.59 Å². The van der Waals surface area contributed by atoms with Crippen LogP contribution < -0.4 is 10.2 Å². The minimum absolute atomic E-state index is 0.119. The molecule has 0 unspecified atom stereocenters. The van der Waals surface area contributed by atoms with Crippen molar-refractivity contribution in [3.63, 3.8) is 0 Å². The first-order valence-electron chi connectivity index (χ1n) is 7.15. The molecule has 1 fully saturated rings. The Labute approximate surface area is 137 Å². The van der Waals surface area contributed by atoms with Gasteiger partial charge in [-0.15, -0.1) is 0 Å². The van der Waals surface area contributed by atoms with Gasteiger partial charge in [-0.1, -0.05) is 17.7 Å². The van der Waals surface area contributed by atoms with Crippen molar-refractivity contribution in [1.29, 1.82) is 0 Å². The summed E-state index contributed by atoms with van der Waals surface area (Å²) in [5.41, 5.74) is 1.09. The van der Waals surface area contributed by atoms with Crippen LogP contribution in [0.5, 0.6) is 0 Å². The maximum Gasteiger partial charge on any atom is 0.229 e. The van der Waals surface area contributed by atoms with E-state index in [1.807, 2.05) is 0 Å². The Hall–Kier alpha value is -2.40. The van der Waals surface area contributed by atoms with Crippen LogP contribution in [-0.4, -0.2) is 18.4 Å². The highest BCUT2D eigenvalue weighted by Crippen LogP contribution is 2.27. The number of hydrogen-bond donors (Lipinski definition) is 1. The van der Waals surface area contributed by atoms with Gasteiger partial charge in [-0.05, 0) is 42.5 Å². The standard InChI is InChI=1S/C17H14ClFN2O2/c18-12-4-6-15(7-5-12)21-10-11(8-16(21)22)17(23)20-14-3-1-2-13(19)9-14/h1-7,9,11H,8,10H2,(H,20,23)/t11-/m1/s1. The largest absolute Gasteiger partial charge is 0.326 e. The molecule has 23 heavy (non-hydrogen) atoms. The van der Waals surface area contributed by atoms with Crippen molar-refractivity contribution in [2.75, 3.05) is 16.8 Å². The number of nitrogens with zero attached hydrogens (tertiary/aromatic N) is 1. The predicted octanol–water partition coefficient (Wildman–Crippen LogP) is 3.47. The Morgan fingerprint density at radius 1 is 1.22 bits per heavy atom. The Bertz CT molecular complexity index is 749. The van der Waals surface area contributed by atoms with Crippen molar-refractivity contribution < 1.29 is 14.0 Å². The summed E-state index contributed by atoms with van der Waals surface area (Å²) in [6, 6.07) is 12.6. The van der Waals surface area contributed by atoms with Crippen molar-refractivity contribution in [1.82, 2.24) is 0 Å². The second-order valence-electron chi connectivity index (χ2n) is 5.38. The summed E-state index contributed by atoms with van der Waals surface area (Å²) in [4.78, 5) is 26.0. The molecular formula is C17H14ClFN2O2. The predicted molar refractivity (Wildman–Crippen MR) is 86.9 cm³/mol. The van der Waals surface area contributed by atoms with Gasteiger partial charge in [0.05, 0.1) is 5.92 Å². The normalized spacial score (nSPS) is 17.4. The highest BCUT2D eigenvalue weighted by molar-refractivity contribution is 6.30. The van der Waals surface area contributed by atoms with Gasteiger partial charge in [0.2, 0.25) is 11.8 Å². The number of hydrogen-bond acceptors (Lipinski definition) is 2. The fraction of sp³-hybridized carbons (Fsp3) is 0.176. The molecule has 1 N–H and O–H groups in total. The maximum absolute atomic E-state index is 13.1. The third-order valence-corrected chi connectivity index (χ3v) is 3.98. The van der Waals surface area contributed by atoms with Gasteiger partial charge in [-0.2, -0.15) is 0 Å². The van der Waals surface area contributed by atoms with Crippen LogP contribution in [0.2, 0.25) is 5.02 Å². The number of nitrogens with one attached hydrogen (secondary N) is 1. The molecule has 0 aliphatic carbocycles. The summed E-state index contributed by atoms with van der Waals surface area (Å²) in [5.74, 6) is -1.30. The van der Waals surface area contributed by atoms with Crippen LogP contribution in [0.1, 0.15) is 6.42 Å². The van der Waals surface area contributed by atoms with E-state index in [1.54, 1.807) is 35.2 Å². The molecule has 1 aliphatic heterocycles. The minimum Gasteiger partial charge on any atom is -0.326 e. The minimum atomic E-state index is -0.471. The van der Waals surface area contributed by atoms with E-state index in [2.05, 4.69) is 5.32 Å². The first-order chi connectivity index (χ1) is 11.0. The molecule has 1 aliphatic rings. The van der Waals surface area contributed by atoms with Crippen molar-refractivity contribution in [3.8, 4) is 0 Å². The van der Waals surface area contributed by atoms with Gasteiger partial charge in [0.25, 0.3) is 0 Å². The lowest BCUT2D eigenvalue weighted by Crippen LogP contribution is -2.28. The van der Waals surface area contributed by atoms with Crippen LogP contribution in [0.25, 0.3) is 0 Å². The van der Waals surface area contributed by atoms with E-state index in [9.17, 15) is 14.0 Å². The monoisotopic (exact) mass is 332 g/mol. The first-order valence-corrected chi connectivity index (χ1v) is 7.53. The van der Waals surface area contributed by atoms with Gasteiger partial charge in [-0.25, -0.2) is 4.39 Å². The summed E-state index contributed by atoms with van der Waals surface area (Å²) < 4.78 is 13.1. The fourth-order valence-electron chi connectivity index (χ4n) is 2.56.